The van der Waals surface area contributed by atoms with Gasteiger partial charge in [-0.3, -0.25) is 9.59 Å². The van der Waals surface area contributed by atoms with Gasteiger partial charge in [0.1, 0.15) is 0 Å². The van der Waals surface area contributed by atoms with Crippen LogP contribution in [0.1, 0.15) is 16.8 Å². The second-order valence-corrected chi connectivity index (χ2v) is 7.72. The van der Waals surface area contributed by atoms with E-state index in [4.69, 9.17) is 15.2 Å². The molecule has 0 unspecified atom stereocenters. The zero-order valence-corrected chi connectivity index (χ0v) is 16.0. The number of likely N-dealkylation sites (tertiary alicyclic amines) is 1. The highest BCUT2D eigenvalue weighted by molar-refractivity contribution is 8.00. The van der Waals surface area contributed by atoms with Crippen LogP contribution in [0.3, 0.4) is 0 Å². The van der Waals surface area contributed by atoms with Gasteiger partial charge in [-0.2, -0.15) is 0 Å². The summed E-state index contributed by atoms with van der Waals surface area (Å²) in [7, 11) is 0. The Bertz CT molecular complexity index is 905. The summed E-state index contributed by atoms with van der Waals surface area (Å²) < 4.78 is 10.6. The molecule has 2 heterocycles. The van der Waals surface area contributed by atoms with Crippen molar-refractivity contribution in [3.8, 4) is 11.5 Å². The lowest BCUT2D eigenvalue weighted by molar-refractivity contribution is -0.113. The molecule has 1 atom stereocenters. The monoisotopic (exact) mass is 399 g/mol. The highest BCUT2D eigenvalue weighted by Gasteiger charge is 2.26. The Kier molecular flexibility index (Phi) is 5.40. The smallest absolute Gasteiger partial charge is 0.255 e. The number of hydrogen-bond donors (Lipinski definition) is 2. The predicted octanol–water partition coefficient (Wildman–Crippen LogP) is 2.32. The minimum absolute atomic E-state index is 0.0350. The quantitative estimate of drug-likeness (QED) is 0.750. The summed E-state index contributed by atoms with van der Waals surface area (Å²) in [5, 5.41) is 2.84. The van der Waals surface area contributed by atoms with Crippen molar-refractivity contribution in [1.82, 2.24) is 4.90 Å². The third kappa shape index (κ3) is 4.07. The number of thioether (sulfide) groups is 1. The van der Waals surface area contributed by atoms with Crippen LogP contribution in [-0.2, 0) is 4.79 Å². The van der Waals surface area contributed by atoms with E-state index in [9.17, 15) is 9.59 Å². The Morgan fingerprint density at radius 2 is 2.00 bits per heavy atom. The first kappa shape index (κ1) is 18.6. The van der Waals surface area contributed by atoms with E-state index in [0.717, 1.165) is 11.3 Å². The molecule has 7 nitrogen and oxygen atoms in total. The van der Waals surface area contributed by atoms with Crippen LogP contribution in [-0.4, -0.2) is 48.4 Å². The van der Waals surface area contributed by atoms with Crippen LogP contribution in [0.2, 0.25) is 0 Å². The lowest BCUT2D eigenvalue weighted by Gasteiger charge is -2.17. The molecule has 0 spiro atoms. The first-order valence-corrected chi connectivity index (χ1v) is 10.0. The van der Waals surface area contributed by atoms with Gasteiger partial charge in [-0.15, -0.1) is 11.8 Å². The van der Waals surface area contributed by atoms with Gasteiger partial charge in [0.15, 0.2) is 11.5 Å². The Hall–Kier alpha value is -2.71. The Labute approximate surface area is 167 Å². The topological polar surface area (TPSA) is 93.9 Å². The molecule has 0 bridgehead atoms. The van der Waals surface area contributed by atoms with Gasteiger partial charge < -0.3 is 25.4 Å². The zero-order valence-electron chi connectivity index (χ0n) is 15.2. The van der Waals surface area contributed by atoms with Crippen LogP contribution in [0.25, 0.3) is 0 Å². The molecule has 2 aliphatic rings. The Morgan fingerprint density at radius 1 is 1.18 bits per heavy atom. The Morgan fingerprint density at radius 3 is 2.82 bits per heavy atom. The molecular formula is C20H21N3O4S. The van der Waals surface area contributed by atoms with E-state index in [1.165, 1.54) is 11.8 Å². The van der Waals surface area contributed by atoms with Gasteiger partial charge in [0.25, 0.3) is 5.91 Å². The van der Waals surface area contributed by atoms with Crippen LogP contribution in [0.4, 0.5) is 5.69 Å². The van der Waals surface area contributed by atoms with Gasteiger partial charge in [-0.05, 0) is 30.7 Å². The van der Waals surface area contributed by atoms with Gasteiger partial charge in [-0.1, -0.05) is 12.1 Å². The molecular weight excluding hydrogens is 378 g/mol. The van der Waals surface area contributed by atoms with Crippen molar-refractivity contribution in [3.05, 3.63) is 48.0 Å². The highest BCUT2D eigenvalue weighted by atomic mass is 32.2. The fourth-order valence-electron chi connectivity index (χ4n) is 3.23. The molecule has 3 N–H and O–H groups in total. The van der Waals surface area contributed by atoms with Gasteiger partial charge in [0.05, 0.1) is 11.3 Å². The molecule has 2 aromatic rings. The number of hydrogen-bond acceptors (Lipinski definition) is 6. The SMILES string of the molecule is N[C@@H]1CCN(C(=O)c2ccccc2SCC(=O)Nc2ccc3c(c2)OCO3)C1. The van der Waals surface area contributed by atoms with Gasteiger partial charge in [0.2, 0.25) is 12.7 Å². The average molecular weight is 399 g/mol. The second-order valence-electron chi connectivity index (χ2n) is 6.70. The molecule has 2 amide bonds. The van der Waals surface area contributed by atoms with E-state index in [1.807, 2.05) is 18.2 Å². The summed E-state index contributed by atoms with van der Waals surface area (Å²) in [6, 6.07) is 12.7. The maximum atomic E-state index is 12.8. The summed E-state index contributed by atoms with van der Waals surface area (Å²) in [5.74, 6) is 1.28. The summed E-state index contributed by atoms with van der Waals surface area (Å²) in [4.78, 5) is 27.7. The molecule has 28 heavy (non-hydrogen) atoms. The number of benzene rings is 2. The van der Waals surface area contributed by atoms with Crippen LogP contribution in [0.15, 0.2) is 47.4 Å². The third-order valence-corrected chi connectivity index (χ3v) is 5.72. The largest absolute Gasteiger partial charge is 0.454 e. The molecule has 1 saturated heterocycles. The summed E-state index contributed by atoms with van der Waals surface area (Å²) in [6.45, 7) is 1.43. The fourth-order valence-corrected chi connectivity index (χ4v) is 4.07. The second kappa shape index (κ2) is 8.12. The van der Waals surface area contributed by atoms with E-state index in [0.29, 0.717) is 35.8 Å². The number of rotatable bonds is 5. The molecule has 0 saturated carbocycles. The lowest BCUT2D eigenvalue weighted by Crippen LogP contribution is -2.32. The lowest BCUT2D eigenvalue weighted by atomic mass is 10.2. The highest BCUT2D eigenvalue weighted by Crippen LogP contribution is 2.34. The number of amides is 2. The molecule has 8 heteroatoms. The van der Waals surface area contributed by atoms with Crippen LogP contribution < -0.4 is 20.5 Å². The molecule has 2 aliphatic heterocycles. The normalized spacial score (nSPS) is 17.6. The first-order chi connectivity index (χ1) is 13.6. The molecule has 0 aliphatic carbocycles. The van der Waals surface area contributed by atoms with E-state index in [-0.39, 0.29) is 30.4 Å². The molecule has 2 aromatic carbocycles. The third-order valence-electron chi connectivity index (χ3n) is 4.64. The Balaban J connectivity index is 1.38. The van der Waals surface area contributed by atoms with Gasteiger partial charge in [0, 0.05) is 35.8 Å². The number of nitrogens with two attached hydrogens (primary N) is 1. The molecule has 0 aromatic heterocycles. The number of carbonyl (C=O) groups excluding carboxylic acids is 2. The first-order valence-electron chi connectivity index (χ1n) is 9.06. The summed E-state index contributed by atoms with van der Waals surface area (Å²) in [6.07, 6.45) is 0.818. The van der Waals surface area contributed by atoms with Gasteiger partial charge >= 0.3 is 0 Å². The molecule has 146 valence electrons. The van der Waals surface area contributed by atoms with Crippen molar-refractivity contribution in [2.75, 3.05) is 31.0 Å². The number of ether oxygens (including phenoxy) is 2. The summed E-state index contributed by atoms with van der Waals surface area (Å²) >= 11 is 1.34. The average Bonchev–Trinajstić information content (AvgIpc) is 3.34. The van der Waals surface area contributed by atoms with Crippen molar-refractivity contribution in [2.45, 2.75) is 17.4 Å². The molecule has 1 fully saturated rings. The van der Waals surface area contributed by atoms with E-state index in [2.05, 4.69) is 5.32 Å². The van der Waals surface area contributed by atoms with E-state index < -0.39 is 0 Å². The summed E-state index contributed by atoms with van der Waals surface area (Å²) in [5.41, 5.74) is 7.17. The molecule has 4 rings (SSSR count). The van der Waals surface area contributed by atoms with Gasteiger partial charge in [-0.25, -0.2) is 0 Å². The standard InChI is InChI=1S/C20H21N3O4S/c21-13-7-8-23(10-13)20(25)15-3-1-2-4-18(15)28-11-19(24)22-14-5-6-16-17(9-14)27-12-26-16/h1-6,9,13H,7-8,10-12,21H2,(H,22,24)/t13-/m1/s1. The minimum atomic E-state index is -0.158. The van der Waals surface area contributed by atoms with Crippen LogP contribution in [0, 0.1) is 0 Å². The van der Waals surface area contributed by atoms with Crippen molar-refractivity contribution in [2.24, 2.45) is 5.73 Å². The molecule has 0 radical (unpaired) electrons. The minimum Gasteiger partial charge on any atom is -0.454 e. The predicted molar refractivity (Wildman–Crippen MR) is 107 cm³/mol. The number of nitrogens with one attached hydrogen (secondary N) is 1. The maximum absolute atomic E-state index is 12.8. The van der Waals surface area contributed by atoms with Crippen molar-refractivity contribution in [3.63, 3.8) is 0 Å². The number of nitrogens with zero attached hydrogens (tertiary/aromatic N) is 1. The maximum Gasteiger partial charge on any atom is 0.255 e. The number of anilines is 1. The zero-order chi connectivity index (χ0) is 19.5. The van der Waals surface area contributed by atoms with Crippen LogP contribution in [0.5, 0.6) is 11.5 Å². The van der Waals surface area contributed by atoms with Crippen LogP contribution >= 0.6 is 11.8 Å². The van der Waals surface area contributed by atoms with Crippen molar-refractivity contribution < 1.29 is 19.1 Å². The van der Waals surface area contributed by atoms with E-state index in [1.54, 1.807) is 29.2 Å². The number of carbonyl (C=O) groups is 2. The van der Waals surface area contributed by atoms with Crippen molar-refractivity contribution >= 4 is 29.3 Å². The fraction of sp³-hybridized carbons (Fsp3) is 0.300. The van der Waals surface area contributed by atoms with E-state index >= 15 is 0 Å². The van der Waals surface area contributed by atoms with Crippen molar-refractivity contribution in [1.29, 1.82) is 0 Å². The number of fused-ring (bicyclic) bond motifs is 1.